The molecule has 7 heteroatoms. The van der Waals surface area contributed by atoms with E-state index in [4.69, 9.17) is 27.9 Å². The predicted molar refractivity (Wildman–Crippen MR) is 89.9 cm³/mol. The maximum absolute atomic E-state index is 12.0. The molecule has 1 aromatic carbocycles. The molecule has 3 N–H and O–H groups in total. The van der Waals surface area contributed by atoms with Gasteiger partial charge in [-0.25, -0.2) is 4.79 Å². The van der Waals surface area contributed by atoms with E-state index in [0.29, 0.717) is 28.9 Å². The SMILES string of the molecule is COCC1(CNC(=O)Nc2ccc(Cl)c(Cl)c2)CCNCC1. The zero-order valence-electron chi connectivity index (χ0n) is 12.5. The summed E-state index contributed by atoms with van der Waals surface area (Å²) in [7, 11) is 1.69. The zero-order valence-corrected chi connectivity index (χ0v) is 14.1. The normalized spacial score (nSPS) is 17.0. The van der Waals surface area contributed by atoms with Gasteiger partial charge >= 0.3 is 6.03 Å². The van der Waals surface area contributed by atoms with Crippen molar-refractivity contribution in [1.29, 1.82) is 0 Å². The lowest BCUT2D eigenvalue weighted by Crippen LogP contribution is -2.47. The largest absolute Gasteiger partial charge is 0.384 e. The number of hydrogen-bond acceptors (Lipinski definition) is 3. The van der Waals surface area contributed by atoms with Gasteiger partial charge in [-0.2, -0.15) is 0 Å². The molecule has 0 atom stereocenters. The van der Waals surface area contributed by atoms with Crippen LogP contribution in [0, 0.1) is 5.41 Å². The molecule has 0 unspecified atom stereocenters. The summed E-state index contributed by atoms with van der Waals surface area (Å²) in [5.41, 5.74) is 0.604. The average Bonchev–Trinajstić information content (AvgIpc) is 2.50. The summed E-state index contributed by atoms with van der Waals surface area (Å²) in [5.74, 6) is 0. The fourth-order valence-corrected chi connectivity index (χ4v) is 2.95. The Bertz CT molecular complexity index is 514. The molecule has 0 spiro atoms. The highest BCUT2D eigenvalue weighted by atomic mass is 35.5. The monoisotopic (exact) mass is 345 g/mol. The molecule has 5 nitrogen and oxygen atoms in total. The highest BCUT2D eigenvalue weighted by Gasteiger charge is 2.32. The molecule has 1 heterocycles. The number of methoxy groups -OCH3 is 1. The Morgan fingerprint density at radius 1 is 1.32 bits per heavy atom. The van der Waals surface area contributed by atoms with Crippen LogP contribution in [0.4, 0.5) is 10.5 Å². The Balaban J connectivity index is 1.89. The summed E-state index contributed by atoms with van der Waals surface area (Å²) in [6, 6.07) is 4.73. The van der Waals surface area contributed by atoms with Crippen molar-refractivity contribution in [2.45, 2.75) is 12.8 Å². The molecule has 0 bridgehead atoms. The van der Waals surface area contributed by atoms with Gasteiger partial charge in [0.2, 0.25) is 0 Å². The first-order chi connectivity index (χ1) is 10.5. The molecule has 1 saturated heterocycles. The summed E-state index contributed by atoms with van der Waals surface area (Å²) >= 11 is 11.8. The van der Waals surface area contributed by atoms with Crippen LogP contribution in [0.5, 0.6) is 0 Å². The van der Waals surface area contributed by atoms with Gasteiger partial charge in [0.05, 0.1) is 16.7 Å². The molecule has 1 aromatic rings. The van der Waals surface area contributed by atoms with Crippen molar-refractivity contribution in [3.05, 3.63) is 28.2 Å². The third-order valence-corrected chi connectivity index (χ3v) is 4.66. The number of anilines is 1. The Morgan fingerprint density at radius 3 is 2.68 bits per heavy atom. The molecule has 0 aliphatic carbocycles. The molecule has 1 aliphatic rings. The zero-order chi connectivity index (χ0) is 16.0. The van der Waals surface area contributed by atoms with Crippen molar-refractivity contribution in [2.75, 3.05) is 38.7 Å². The second-order valence-corrected chi connectivity index (χ2v) is 6.43. The number of nitrogens with one attached hydrogen (secondary N) is 3. The van der Waals surface area contributed by atoms with Crippen molar-refractivity contribution in [2.24, 2.45) is 5.41 Å². The van der Waals surface area contributed by atoms with Crippen molar-refractivity contribution in [3.63, 3.8) is 0 Å². The third-order valence-electron chi connectivity index (χ3n) is 3.92. The van der Waals surface area contributed by atoms with E-state index in [9.17, 15) is 4.79 Å². The van der Waals surface area contributed by atoms with Crippen LogP contribution in [0.1, 0.15) is 12.8 Å². The number of ether oxygens (including phenoxy) is 1. The number of benzene rings is 1. The van der Waals surface area contributed by atoms with Gasteiger partial charge in [0.1, 0.15) is 0 Å². The van der Waals surface area contributed by atoms with Crippen molar-refractivity contribution < 1.29 is 9.53 Å². The van der Waals surface area contributed by atoms with Crippen LogP contribution in [-0.4, -0.2) is 39.4 Å². The third kappa shape index (κ3) is 4.74. The second kappa shape index (κ2) is 8.02. The van der Waals surface area contributed by atoms with Crippen LogP contribution in [0.25, 0.3) is 0 Å². The first-order valence-electron chi connectivity index (χ1n) is 7.24. The smallest absolute Gasteiger partial charge is 0.319 e. The topological polar surface area (TPSA) is 62.4 Å². The maximum atomic E-state index is 12.0. The number of halogens is 2. The molecule has 122 valence electrons. The molecule has 2 rings (SSSR count). The quantitative estimate of drug-likeness (QED) is 0.768. The van der Waals surface area contributed by atoms with Gasteiger partial charge in [-0.3, -0.25) is 0 Å². The number of carbonyl (C=O) groups excluding carboxylic acids is 1. The van der Waals surface area contributed by atoms with E-state index in [-0.39, 0.29) is 11.4 Å². The van der Waals surface area contributed by atoms with E-state index in [1.165, 1.54) is 0 Å². The summed E-state index contributed by atoms with van der Waals surface area (Å²) in [6.07, 6.45) is 1.96. The molecule has 22 heavy (non-hydrogen) atoms. The van der Waals surface area contributed by atoms with Gasteiger partial charge in [-0.1, -0.05) is 23.2 Å². The van der Waals surface area contributed by atoms with Crippen molar-refractivity contribution in [1.82, 2.24) is 10.6 Å². The van der Waals surface area contributed by atoms with Crippen LogP contribution in [0.2, 0.25) is 10.0 Å². The van der Waals surface area contributed by atoms with Crippen LogP contribution < -0.4 is 16.0 Å². The number of urea groups is 1. The predicted octanol–water partition coefficient (Wildman–Crippen LogP) is 3.13. The van der Waals surface area contributed by atoms with Gasteiger partial charge in [0.15, 0.2) is 0 Å². The summed E-state index contributed by atoms with van der Waals surface area (Å²) < 4.78 is 5.33. The average molecular weight is 346 g/mol. The van der Waals surface area contributed by atoms with E-state index in [1.807, 2.05) is 0 Å². The van der Waals surface area contributed by atoms with E-state index in [1.54, 1.807) is 25.3 Å². The van der Waals surface area contributed by atoms with Gasteiger partial charge in [-0.15, -0.1) is 0 Å². The van der Waals surface area contributed by atoms with Crippen molar-refractivity contribution >= 4 is 34.9 Å². The molecule has 2 amide bonds. The number of piperidine rings is 1. The van der Waals surface area contributed by atoms with E-state index < -0.39 is 0 Å². The number of carbonyl (C=O) groups is 1. The van der Waals surface area contributed by atoms with E-state index in [0.717, 1.165) is 25.9 Å². The molecular formula is C15H21Cl2N3O2. The highest BCUT2D eigenvalue weighted by Crippen LogP contribution is 2.28. The van der Waals surface area contributed by atoms with Gasteiger partial charge in [-0.05, 0) is 44.1 Å². The number of rotatable bonds is 5. The molecule has 1 aliphatic heterocycles. The standard InChI is InChI=1S/C15H21Cl2N3O2/c1-22-10-15(4-6-18-7-5-15)9-19-14(21)20-11-2-3-12(16)13(17)8-11/h2-3,8,18H,4-7,9-10H2,1H3,(H2,19,20,21). The number of amides is 2. The minimum atomic E-state index is -0.257. The molecule has 0 saturated carbocycles. The number of hydrogen-bond donors (Lipinski definition) is 3. The highest BCUT2D eigenvalue weighted by molar-refractivity contribution is 6.42. The summed E-state index contributed by atoms with van der Waals surface area (Å²) in [5, 5.41) is 9.88. The Hall–Kier alpha value is -1.01. The van der Waals surface area contributed by atoms with E-state index >= 15 is 0 Å². The first kappa shape index (κ1) is 17.3. The fourth-order valence-electron chi connectivity index (χ4n) is 2.65. The van der Waals surface area contributed by atoms with Gasteiger partial charge in [0, 0.05) is 24.8 Å². The van der Waals surface area contributed by atoms with Crippen molar-refractivity contribution in [3.8, 4) is 0 Å². The lowest BCUT2D eigenvalue weighted by molar-refractivity contribution is 0.0558. The molecule has 0 aromatic heterocycles. The summed E-state index contributed by atoms with van der Waals surface area (Å²) in [4.78, 5) is 12.0. The summed E-state index contributed by atoms with van der Waals surface area (Å²) in [6.45, 7) is 3.11. The second-order valence-electron chi connectivity index (χ2n) is 5.62. The van der Waals surface area contributed by atoms with E-state index in [2.05, 4.69) is 16.0 Å². The molecular weight excluding hydrogens is 325 g/mol. The minimum Gasteiger partial charge on any atom is -0.384 e. The fraction of sp³-hybridized carbons (Fsp3) is 0.533. The first-order valence-corrected chi connectivity index (χ1v) is 8.00. The Kier molecular flexibility index (Phi) is 6.32. The maximum Gasteiger partial charge on any atom is 0.319 e. The van der Waals surface area contributed by atoms with Crippen LogP contribution >= 0.6 is 23.2 Å². The van der Waals surface area contributed by atoms with Gasteiger partial charge in [0.25, 0.3) is 0 Å². The Labute approximate surface area is 140 Å². The lowest BCUT2D eigenvalue weighted by atomic mass is 9.79. The minimum absolute atomic E-state index is 0.00498. The molecule has 0 radical (unpaired) electrons. The lowest BCUT2D eigenvalue weighted by Gasteiger charge is -2.37. The van der Waals surface area contributed by atoms with Gasteiger partial charge < -0.3 is 20.7 Å². The molecule has 1 fully saturated rings. The Morgan fingerprint density at radius 2 is 2.05 bits per heavy atom. The van der Waals surface area contributed by atoms with Crippen LogP contribution in [0.3, 0.4) is 0 Å². The van der Waals surface area contributed by atoms with Crippen LogP contribution in [-0.2, 0) is 4.74 Å². The van der Waals surface area contributed by atoms with Crippen LogP contribution in [0.15, 0.2) is 18.2 Å².